The third-order valence-corrected chi connectivity index (χ3v) is 4.66. The molecule has 0 aliphatic rings. The van der Waals surface area contributed by atoms with Crippen LogP contribution >= 0.6 is 0 Å². The maximum atomic E-state index is 12.0. The Morgan fingerprint density at radius 3 is 2.50 bits per heavy atom. The molecular formula is C14H23NO2S. The Bertz CT molecular complexity index is 466. The van der Waals surface area contributed by atoms with Gasteiger partial charge in [-0.3, -0.25) is 0 Å². The lowest BCUT2D eigenvalue weighted by Crippen LogP contribution is -2.15. The van der Waals surface area contributed by atoms with Crippen LogP contribution in [-0.2, 0) is 15.6 Å². The van der Waals surface area contributed by atoms with E-state index < -0.39 is 9.84 Å². The molecule has 1 rings (SSSR count). The number of hydrogen-bond donors (Lipinski definition) is 1. The molecule has 0 aliphatic carbocycles. The molecule has 4 heteroatoms. The van der Waals surface area contributed by atoms with E-state index in [0.717, 1.165) is 24.0 Å². The van der Waals surface area contributed by atoms with Crippen molar-refractivity contribution in [3.63, 3.8) is 0 Å². The Hall–Kier alpha value is -0.870. The highest BCUT2D eigenvalue weighted by atomic mass is 32.2. The van der Waals surface area contributed by atoms with Crippen LogP contribution in [0.4, 0.5) is 0 Å². The molecule has 1 unspecified atom stereocenters. The standard InChI is InChI=1S/C14H23NO2S/c1-12-7-3-4-9-14(12)11-18(16,17)10-6-5-8-13(2)15/h3-4,7,9,13H,5-6,8,10-11,15H2,1-2H3. The molecule has 1 atom stereocenters. The summed E-state index contributed by atoms with van der Waals surface area (Å²) in [7, 11) is -3.00. The average Bonchev–Trinajstić information content (AvgIpc) is 2.27. The van der Waals surface area contributed by atoms with Crippen molar-refractivity contribution in [1.29, 1.82) is 0 Å². The van der Waals surface area contributed by atoms with E-state index in [9.17, 15) is 8.42 Å². The van der Waals surface area contributed by atoms with Gasteiger partial charge in [0.15, 0.2) is 9.84 Å². The first-order chi connectivity index (χ1) is 8.41. The van der Waals surface area contributed by atoms with Gasteiger partial charge in [-0.05, 0) is 37.8 Å². The third kappa shape index (κ3) is 5.65. The van der Waals surface area contributed by atoms with E-state index in [4.69, 9.17) is 5.73 Å². The molecular weight excluding hydrogens is 246 g/mol. The second-order valence-corrected chi connectivity index (χ2v) is 7.18. The first kappa shape index (κ1) is 15.2. The molecule has 0 saturated heterocycles. The molecule has 102 valence electrons. The van der Waals surface area contributed by atoms with E-state index in [-0.39, 0.29) is 17.5 Å². The Morgan fingerprint density at radius 1 is 1.22 bits per heavy atom. The number of rotatable bonds is 7. The number of unbranched alkanes of at least 4 members (excludes halogenated alkanes) is 1. The summed E-state index contributed by atoms with van der Waals surface area (Å²) in [5.41, 5.74) is 7.58. The highest BCUT2D eigenvalue weighted by Gasteiger charge is 2.13. The zero-order chi connectivity index (χ0) is 13.6. The Balaban J connectivity index is 2.48. The van der Waals surface area contributed by atoms with E-state index in [1.807, 2.05) is 38.1 Å². The van der Waals surface area contributed by atoms with Gasteiger partial charge in [-0.1, -0.05) is 30.7 Å². The van der Waals surface area contributed by atoms with Crippen molar-refractivity contribution in [3.05, 3.63) is 35.4 Å². The van der Waals surface area contributed by atoms with Crippen LogP contribution in [-0.4, -0.2) is 20.2 Å². The number of aryl methyl sites for hydroxylation is 1. The van der Waals surface area contributed by atoms with Crippen molar-refractivity contribution >= 4 is 9.84 Å². The minimum absolute atomic E-state index is 0.151. The van der Waals surface area contributed by atoms with Gasteiger partial charge >= 0.3 is 0 Å². The molecule has 0 heterocycles. The number of hydrogen-bond acceptors (Lipinski definition) is 3. The maximum Gasteiger partial charge on any atom is 0.154 e. The van der Waals surface area contributed by atoms with Crippen LogP contribution in [0.5, 0.6) is 0 Å². The highest BCUT2D eigenvalue weighted by Crippen LogP contribution is 2.13. The van der Waals surface area contributed by atoms with Crippen molar-refractivity contribution < 1.29 is 8.42 Å². The number of benzene rings is 1. The maximum absolute atomic E-state index is 12.0. The Morgan fingerprint density at radius 2 is 1.89 bits per heavy atom. The van der Waals surface area contributed by atoms with Gasteiger partial charge in [0.25, 0.3) is 0 Å². The van der Waals surface area contributed by atoms with Gasteiger partial charge in [0.1, 0.15) is 0 Å². The van der Waals surface area contributed by atoms with E-state index in [1.54, 1.807) is 0 Å². The summed E-state index contributed by atoms with van der Waals surface area (Å²) in [6.07, 6.45) is 2.47. The molecule has 0 spiro atoms. The van der Waals surface area contributed by atoms with E-state index >= 15 is 0 Å². The van der Waals surface area contributed by atoms with Gasteiger partial charge < -0.3 is 5.73 Å². The van der Waals surface area contributed by atoms with Crippen molar-refractivity contribution in [2.24, 2.45) is 5.73 Å². The molecule has 0 saturated carbocycles. The second kappa shape index (κ2) is 6.90. The number of sulfone groups is 1. The Labute approximate surface area is 110 Å². The fourth-order valence-electron chi connectivity index (χ4n) is 1.87. The topological polar surface area (TPSA) is 60.2 Å². The summed E-state index contributed by atoms with van der Waals surface area (Å²) < 4.78 is 23.9. The molecule has 18 heavy (non-hydrogen) atoms. The van der Waals surface area contributed by atoms with Crippen LogP contribution < -0.4 is 5.73 Å². The molecule has 3 nitrogen and oxygen atoms in total. The van der Waals surface area contributed by atoms with Gasteiger partial charge in [0, 0.05) is 6.04 Å². The zero-order valence-corrected chi connectivity index (χ0v) is 12.0. The van der Waals surface area contributed by atoms with Crippen LogP contribution in [0.25, 0.3) is 0 Å². The molecule has 1 aromatic carbocycles. The van der Waals surface area contributed by atoms with Crippen molar-refractivity contribution in [3.8, 4) is 0 Å². The largest absolute Gasteiger partial charge is 0.328 e. The lowest BCUT2D eigenvalue weighted by atomic mass is 10.1. The van der Waals surface area contributed by atoms with Gasteiger partial charge in [-0.2, -0.15) is 0 Å². The van der Waals surface area contributed by atoms with Crippen LogP contribution in [0.15, 0.2) is 24.3 Å². The predicted molar refractivity (Wildman–Crippen MR) is 76.2 cm³/mol. The molecule has 0 aliphatic heterocycles. The summed E-state index contributed by atoms with van der Waals surface area (Å²) in [4.78, 5) is 0. The summed E-state index contributed by atoms with van der Waals surface area (Å²) in [6.45, 7) is 3.89. The van der Waals surface area contributed by atoms with Crippen molar-refractivity contribution in [2.45, 2.75) is 44.9 Å². The van der Waals surface area contributed by atoms with Crippen LogP contribution in [0.3, 0.4) is 0 Å². The molecule has 0 amide bonds. The lowest BCUT2D eigenvalue weighted by Gasteiger charge is -2.08. The first-order valence-electron chi connectivity index (χ1n) is 6.41. The van der Waals surface area contributed by atoms with Crippen LogP contribution in [0.2, 0.25) is 0 Å². The van der Waals surface area contributed by atoms with Crippen molar-refractivity contribution in [2.75, 3.05) is 5.75 Å². The van der Waals surface area contributed by atoms with Crippen LogP contribution in [0.1, 0.15) is 37.3 Å². The smallest absolute Gasteiger partial charge is 0.154 e. The monoisotopic (exact) mass is 269 g/mol. The first-order valence-corrected chi connectivity index (χ1v) is 8.23. The zero-order valence-electron chi connectivity index (χ0n) is 11.2. The Kier molecular flexibility index (Phi) is 5.82. The van der Waals surface area contributed by atoms with Crippen molar-refractivity contribution in [1.82, 2.24) is 0 Å². The van der Waals surface area contributed by atoms with Gasteiger partial charge in [0.2, 0.25) is 0 Å². The lowest BCUT2D eigenvalue weighted by molar-refractivity contribution is 0.579. The van der Waals surface area contributed by atoms with Gasteiger partial charge in [-0.15, -0.1) is 0 Å². The fourth-order valence-corrected chi connectivity index (χ4v) is 3.46. The summed E-state index contributed by atoms with van der Waals surface area (Å²) >= 11 is 0. The second-order valence-electron chi connectivity index (χ2n) is 4.99. The van der Waals surface area contributed by atoms with E-state index in [1.165, 1.54) is 0 Å². The minimum Gasteiger partial charge on any atom is -0.328 e. The molecule has 1 aromatic rings. The molecule has 2 N–H and O–H groups in total. The SMILES string of the molecule is Cc1ccccc1CS(=O)(=O)CCCCC(C)N. The molecule has 0 fully saturated rings. The van der Waals surface area contributed by atoms with Crippen LogP contribution in [0, 0.1) is 6.92 Å². The van der Waals surface area contributed by atoms with Gasteiger partial charge in [0.05, 0.1) is 11.5 Å². The van der Waals surface area contributed by atoms with Gasteiger partial charge in [-0.25, -0.2) is 8.42 Å². The predicted octanol–water partition coefficient (Wildman–Crippen LogP) is 2.43. The summed E-state index contributed by atoms with van der Waals surface area (Å²) in [5.74, 6) is 0.409. The highest BCUT2D eigenvalue weighted by molar-refractivity contribution is 7.90. The molecule has 0 bridgehead atoms. The van der Waals surface area contributed by atoms with E-state index in [0.29, 0.717) is 6.42 Å². The molecule has 0 radical (unpaired) electrons. The molecule has 0 aromatic heterocycles. The normalized spacial score (nSPS) is 13.5. The van der Waals surface area contributed by atoms with E-state index in [2.05, 4.69) is 0 Å². The average molecular weight is 269 g/mol. The summed E-state index contributed by atoms with van der Waals surface area (Å²) in [6, 6.07) is 7.79. The third-order valence-electron chi connectivity index (χ3n) is 3.00. The quantitative estimate of drug-likeness (QED) is 0.773. The summed E-state index contributed by atoms with van der Waals surface area (Å²) in [5, 5.41) is 0. The number of nitrogens with two attached hydrogens (primary N) is 1. The fraction of sp³-hybridized carbons (Fsp3) is 0.571. The minimum atomic E-state index is -3.00.